The second-order valence-electron chi connectivity index (χ2n) is 9.79. The lowest BCUT2D eigenvalue weighted by Gasteiger charge is -2.31. The minimum atomic E-state index is -3.90. The van der Waals surface area contributed by atoms with Gasteiger partial charge in [-0.15, -0.1) is 0 Å². The fourth-order valence-corrected chi connectivity index (χ4v) is 5.03. The van der Waals surface area contributed by atoms with Gasteiger partial charge in [0.05, 0.1) is 17.0 Å². The van der Waals surface area contributed by atoms with Gasteiger partial charge in [0.15, 0.2) is 0 Å². The fourth-order valence-electron chi connectivity index (χ4n) is 3.41. The van der Waals surface area contributed by atoms with E-state index in [1.165, 1.54) is 28.6 Å². The van der Waals surface area contributed by atoms with Crippen molar-refractivity contribution in [3.8, 4) is 0 Å². The largest absolute Gasteiger partial charge is 0.444 e. The molecule has 0 spiro atoms. The summed E-state index contributed by atoms with van der Waals surface area (Å²) in [5, 5.41) is 13.9. The van der Waals surface area contributed by atoms with Crippen LogP contribution in [0.5, 0.6) is 0 Å². The summed E-state index contributed by atoms with van der Waals surface area (Å²) in [7, 11) is -3.90. The standard InChI is InChI=1S/C25H37N3O5S/c1-18(2)16-28(34(31,32)21-13-11-20(26)12-14-21)17-23(29)22(15-19-9-7-6-8-10-19)27-24(30)33-25(3,4)5/h6-14,18,22-23,29H,15-17,26H2,1-5H3,(H,27,30)/t22?,23-/m1/s1. The molecule has 0 saturated carbocycles. The smallest absolute Gasteiger partial charge is 0.407 e. The molecule has 0 aliphatic carbocycles. The third-order valence-corrected chi connectivity index (χ3v) is 6.79. The van der Waals surface area contributed by atoms with Crippen LogP contribution in [0.3, 0.4) is 0 Å². The van der Waals surface area contributed by atoms with Gasteiger partial charge in [0.2, 0.25) is 10.0 Å². The number of rotatable bonds is 10. The number of carbonyl (C=O) groups excluding carboxylic acids is 1. The first-order valence-electron chi connectivity index (χ1n) is 11.3. The monoisotopic (exact) mass is 491 g/mol. The number of ether oxygens (including phenoxy) is 1. The lowest BCUT2D eigenvalue weighted by Crippen LogP contribution is -2.51. The normalized spacial score (nSPS) is 14.1. The lowest BCUT2D eigenvalue weighted by molar-refractivity contribution is 0.0400. The number of aliphatic hydroxyl groups excluding tert-OH is 1. The number of anilines is 1. The van der Waals surface area contributed by atoms with Gasteiger partial charge in [0.25, 0.3) is 0 Å². The highest BCUT2D eigenvalue weighted by Gasteiger charge is 2.32. The molecular formula is C25H37N3O5S. The quantitative estimate of drug-likeness (QED) is 0.438. The molecule has 0 radical (unpaired) electrons. The molecule has 1 unspecified atom stereocenters. The van der Waals surface area contributed by atoms with Crippen molar-refractivity contribution >= 4 is 21.8 Å². The van der Waals surface area contributed by atoms with Crippen LogP contribution in [0.2, 0.25) is 0 Å². The number of amides is 1. The van der Waals surface area contributed by atoms with Crippen molar-refractivity contribution in [1.29, 1.82) is 0 Å². The highest BCUT2D eigenvalue weighted by atomic mass is 32.2. The molecule has 188 valence electrons. The SMILES string of the molecule is CC(C)CN(C[C@@H](O)C(Cc1ccccc1)NC(=O)OC(C)(C)C)S(=O)(=O)c1ccc(N)cc1. The van der Waals surface area contributed by atoms with Gasteiger partial charge in [-0.2, -0.15) is 4.31 Å². The van der Waals surface area contributed by atoms with Crippen LogP contribution in [0.25, 0.3) is 0 Å². The molecule has 0 aliphatic heterocycles. The average molecular weight is 492 g/mol. The molecule has 0 saturated heterocycles. The number of carbonyl (C=O) groups is 1. The summed E-state index contributed by atoms with van der Waals surface area (Å²) in [6.45, 7) is 9.05. The number of nitrogens with one attached hydrogen (secondary N) is 1. The van der Waals surface area contributed by atoms with Crippen LogP contribution in [0.4, 0.5) is 10.5 Å². The zero-order valence-electron chi connectivity index (χ0n) is 20.6. The predicted octanol–water partition coefficient (Wildman–Crippen LogP) is 3.41. The molecule has 0 aliphatic rings. The number of alkyl carbamates (subject to hydrolysis) is 1. The zero-order chi connectivity index (χ0) is 25.5. The Bertz CT molecular complexity index is 1020. The number of aliphatic hydroxyl groups is 1. The number of hydrogen-bond acceptors (Lipinski definition) is 6. The van der Waals surface area contributed by atoms with Crippen molar-refractivity contribution in [2.45, 2.75) is 63.7 Å². The molecule has 8 nitrogen and oxygen atoms in total. The van der Waals surface area contributed by atoms with Gasteiger partial charge in [0.1, 0.15) is 5.60 Å². The van der Waals surface area contributed by atoms with Crippen LogP contribution in [0.15, 0.2) is 59.5 Å². The second-order valence-corrected chi connectivity index (χ2v) is 11.7. The van der Waals surface area contributed by atoms with Crippen LogP contribution >= 0.6 is 0 Å². The highest BCUT2D eigenvalue weighted by molar-refractivity contribution is 7.89. The maximum absolute atomic E-state index is 13.4. The van der Waals surface area contributed by atoms with Gasteiger partial charge >= 0.3 is 6.09 Å². The van der Waals surface area contributed by atoms with Crippen molar-refractivity contribution in [1.82, 2.24) is 9.62 Å². The topological polar surface area (TPSA) is 122 Å². The van der Waals surface area contributed by atoms with Crippen molar-refractivity contribution in [3.05, 3.63) is 60.2 Å². The molecule has 2 atom stereocenters. The van der Waals surface area contributed by atoms with E-state index in [-0.39, 0.29) is 23.9 Å². The molecule has 34 heavy (non-hydrogen) atoms. The number of nitrogens with zero attached hydrogens (tertiary/aromatic N) is 1. The summed E-state index contributed by atoms with van der Waals surface area (Å²) in [6, 6.07) is 14.5. The summed E-state index contributed by atoms with van der Waals surface area (Å²) in [5.74, 6) is 0.0159. The maximum atomic E-state index is 13.4. The predicted molar refractivity (Wildman–Crippen MR) is 134 cm³/mol. The molecule has 4 N–H and O–H groups in total. The van der Waals surface area contributed by atoms with Gasteiger partial charge < -0.3 is 20.9 Å². The van der Waals surface area contributed by atoms with Gasteiger partial charge in [-0.3, -0.25) is 0 Å². The first-order valence-corrected chi connectivity index (χ1v) is 12.8. The van der Waals surface area contributed by atoms with E-state index in [2.05, 4.69) is 5.32 Å². The molecule has 0 heterocycles. The number of nitrogens with two attached hydrogens (primary N) is 1. The fraction of sp³-hybridized carbons (Fsp3) is 0.480. The van der Waals surface area contributed by atoms with E-state index in [1.807, 2.05) is 44.2 Å². The summed E-state index contributed by atoms with van der Waals surface area (Å²) in [5.41, 5.74) is 6.34. The van der Waals surface area contributed by atoms with E-state index < -0.39 is 33.9 Å². The minimum absolute atomic E-state index is 0.0159. The lowest BCUT2D eigenvalue weighted by atomic mass is 10.0. The summed E-state index contributed by atoms with van der Waals surface area (Å²) >= 11 is 0. The van der Waals surface area contributed by atoms with Crippen LogP contribution in [0.1, 0.15) is 40.2 Å². The third-order valence-electron chi connectivity index (χ3n) is 4.94. The molecule has 1 amide bonds. The Hall–Kier alpha value is -2.62. The molecular weight excluding hydrogens is 454 g/mol. The number of nitrogen functional groups attached to an aromatic ring is 1. The van der Waals surface area contributed by atoms with Crippen molar-refractivity contribution in [2.75, 3.05) is 18.8 Å². The first kappa shape index (κ1) is 27.6. The molecule has 0 fully saturated rings. The Morgan fingerprint density at radius 2 is 1.65 bits per heavy atom. The van der Waals surface area contributed by atoms with Gasteiger partial charge in [-0.1, -0.05) is 44.2 Å². The maximum Gasteiger partial charge on any atom is 0.407 e. The Morgan fingerprint density at radius 1 is 1.06 bits per heavy atom. The molecule has 0 aromatic heterocycles. The van der Waals surface area contributed by atoms with E-state index in [1.54, 1.807) is 20.8 Å². The second kappa shape index (κ2) is 11.7. The third kappa shape index (κ3) is 8.62. The van der Waals surface area contributed by atoms with Crippen LogP contribution in [-0.2, 0) is 21.2 Å². The summed E-state index contributed by atoms with van der Waals surface area (Å²) in [6.07, 6.45) is -1.56. The minimum Gasteiger partial charge on any atom is -0.444 e. The van der Waals surface area contributed by atoms with Crippen molar-refractivity contribution < 1.29 is 23.1 Å². The van der Waals surface area contributed by atoms with E-state index in [0.717, 1.165) is 5.56 Å². The van der Waals surface area contributed by atoms with Crippen molar-refractivity contribution in [3.63, 3.8) is 0 Å². The molecule has 0 bridgehead atoms. The van der Waals surface area contributed by atoms with E-state index in [0.29, 0.717) is 12.1 Å². The van der Waals surface area contributed by atoms with E-state index in [9.17, 15) is 18.3 Å². The first-order chi connectivity index (χ1) is 15.8. The van der Waals surface area contributed by atoms with Gasteiger partial charge in [0, 0.05) is 18.8 Å². The van der Waals surface area contributed by atoms with Crippen LogP contribution < -0.4 is 11.1 Å². The van der Waals surface area contributed by atoms with Gasteiger partial charge in [-0.25, -0.2) is 13.2 Å². The molecule has 2 aromatic rings. The molecule has 2 aromatic carbocycles. The number of sulfonamides is 1. The molecule has 9 heteroatoms. The van der Waals surface area contributed by atoms with Crippen LogP contribution in [-0.4, -0.2) is 54.8 Å². The zero-order valence-corrected chi connectivity index (χ0v) is 21.4. The van der Waals surface area contributed by atoms with Gasteiger partial charge in [-0.05, 0) is 62.9 Å². The Balaban J connectivity index is 2.30. The number of benzene rings is 2. The Labute approximate surface area is 203 Å². The Kier molecular flexibility index (Phi) is 9.49. The van der Waals surface area contributed by atoms with Crippen molar-refractivity contribution in [2.24, 2.45) is 5.92 Å². The summed E-state index contributed by atoms with van der Waals surface area (Å²) in [4.78, 5) is 12.6. The molecule has 2 rings (SSSR count). The number of hydrogen-bond donors (Lipinski definition) is 3. The summed E-state index contributed by atoms with van der Waals surface area (Å²) < 4.78 is 33.4. The van der Waals surface area contributed by atoms with E-state index in [4.69, 9.17) is 10.5 Å². The average Bonchev–Trinajstić information content (AvgIpc) is 2.72. The van der Waals surface area contributed by atoms with E-state index >= 15 is 0 Å². The van der Waals surface area contributed by atoms with Crippen LogP contribution in [0, 0.1) is 5.92 Å². The Morgan fingerprint density at radius 3 is 2.18 bits per heavy atom. The highest BCUT2D eigenvalue weighted by Crippen LogP contribution is 2.20.